The van der Waals surface area contributed by atoms with Crippen LogP contribution >= 0.6 is 22.6 Å². The van der Waals surface area contributed by atoms with Gasteiger partial charge in [-0.1, -0.05) is 31.3 Å². The number of nitrogens with zero attached hydrogens (tertiary/aromatic N) is 2. The Balaban J connectivity index is 1.84. The van der Waals surface area contributed by atoms with E-state index in [4.69, 9.17) is 10.3 Å². The number of aromatic nitrogens is 2. The Hall–Kier alpha value is -1.11. The maximum Gasteiger partial charge on any atom is 0.260 e. The van der Waals surface area contributed by atoms with E-state index >= 15 is 0 Å². The van der Waals surface area contributed by atoms with Gasteiger partial charge in [-0.3, -0.25) is 0 Å². The standard InChI is InChI=1S/C16H20IN3O/c1-2-10-4-3-5-11(8-10)15-19-16(21-20-15)13-9-12(17)6-7-14(13)18/h6-7,9-11H,2-5,8,18H2,1H3. The summed E-state index contributed by atoms with van der Waals surface area (Å²) in [7, 11) is 0. The molecule has 0 saturated heterocycles. The van der Waals surface area contributed by atoms with Gasteiger partial charge in [0.1, 0.15) is 0 Å². The number of benzene rings is 1. The fraction of sp³-hybridized carbons (Fsp3) is 0.500. The molecule has 0 bridgehead atoms. The lowest BCUT2D eigenvalue weighted by molar-refractivity contribution is 0.300. The first-order valence-electron chi connectivity index (χ1n) is 7.56. The number of halogens is 1. The molecule has 1 heterocycles. The van der Waals surface area contributed by atoms with Gasteiger partial charge in [-0.25, -0.2) is 0 Å². The molecule has 0 amide bonds. The minimum absolute atomic E-state index is 0.435. The van der Waals surface area contributed by atoms with Gasteiger partial charge in [0.25, 0.3) is 5.89 Å². The van der Waals surface area contributed by atoms with E-state index in [1.54, 1.807) is 0 Å². The highest BCUT2D eigenvalue weighted by molar-refractivity contribution is 14.1. The highest BCUT2D eigenvalue weighted by atomic mass is 127. The minimum atomic E-state index is 0.435. The SMILES string of the molecule is CCC1CCCC(c2noc(-c3cc(I)ccc3N)n2)C1. The van der Waals surface area contributed by atoms with Crippen LogP contribution in [0.15, 0.2) is 22.7 Å². The van der Waals surface area contributed by atoms with Gasteiger partial charge in [-0.2, -0.15) is 4.98 Å². The molecule has 1 aliphatic carbocycles. The second kappa shape index (κ2) is 6.34. The van der Waals surface area contributed by atoms with E-state index in [0.29, 0.717) is 17.5 Å². The van der Waals surface area contributed by atoms with Crippen molar-refractivity contribution < 1.29 is 4.52 Å². The molecule has 1 fully saturated rings. The molecule has 3 rings (SSSR count). The quantitative estimate of drug-likeness (QED) is 0.607. The predicted molar refractivity (Wildman–Crippen MR) is 91.9 cm³/mol. The molecular weight excluding hydrogens is 377 g/mol. The summed E-state index contributed by atoms with van der Waals surface area (Å²) in [6.07, 6.45) is 6.18. The Morgan fingerprint density at radius 3 is 3.05 bits per heavy atom. The molecule has 0 radical (unpaired) electrons. The molecule has 112 valence electrons. The van der Waals surface area contributed by atoms with Crippen LogP contribution < -0.4 is 5.73 Å². The Morgan fingerprint density at radius 2 is 2.24 bits per heavy atom. The maximum absolute atomic E-state index is 6.02. The number of hydrogen-bond acceptors (Lipinski definition) is 4. The van der Waals surface area contributed by atoms with Gasteiger partial charge in [0, 0.05) is 15.2 Å². The van der Waals surface area contributed by atoms with E-state index in [0.717, 1.165) is 27.3 Å². The zero-order valence-corrected chi connectivity index (χ0v) is 14.3. The summed E-state index contributed by atoms with van der Waals surface area (Å²) in [5, 5.41) is 4.21. The van der Waals surface area contributed by atoms with E-state index in [9.17, 15) is 0 Å². The fourth-order valence-electron chi connectivity index (χ4n) is 3.12. The molecule has 2 atom stereocenters. The van der Waals surface area contributed by atoms with Gasteiger partial charge in [-0.15, -0.1) is 0 Å². The van der Waals surface area contributed by atoms with Gasteiger partial charge in [0.05, 0.1) is 5.56 Å². The van der Waals surface area contributed by atoms with Crippen molar-refractivity contribution in [3.8, 4) is 11.5 Å². The summed E-state index contributed by atoms with van der Waals surface area (Å²) < 4.78 is 6.58. The fourth-order valence-corrected chi connectivity index (χ4v) is 3.61. The van der Waals surface area contributed by atoms with Gasteiger partial charge >= 0.3 is 0 Å². The number of nitrogen functional groups attached to an aromatic ring is 1. The molecule has 4 nitrogen and oxygen atoms in total. The Kier molecular flexibility index (Phi) is 4.47. The zero-order valence-electron chi connectivity index (χ0n) is 12.2. The topological polar surface area (TPSA) is 64.9 Å². The van der Waals surface area contributed by atoms with Crippen molar-refractivity contribution >= 4 is 28.3 Å². The van der Waals surface area contributed by atoms with Crippen LogP contribution in [0.25, 0.3) is 11.5 Å². The average molecular weight is 397 g/mol. The lowest BCUT2D eigenvalue weighted by atomic mass is 9.80. The van der Waals surface area contributed by atoms with Crippen molar-refractivity contribution in [2.45, 2.75) is 44.9 Å². The van der Waals surface area contributed by atoms with Crippen molar-refractivity contribution in [1.29, 1.82) is 0 Å². The largest absolute Gasteiger partial charge is 0.398 e. The summed E-state index contributed by atoms with van der Waals surface area (Å²) in [6.45, 7) is 2.27. The van der Waals surface area contributed by atoms with Crippen molar-refractivity contribution in [3.05, 3.63) is 27.6 Å². The molecule has 2 aromatic rings. The molecule has 5 heteroatoms. The van der Waals surface area contributed by atoms with E-state index in [1.807, 2.05) is 18.2 Å². The van der Waals surface area contributed by atoms with Gasteiger partial charge in [0.15, 0.2) is 5.82 Å². The smallest absolute Gasteiger partial charge is 0.260 e. The van der Waals surface area contributed by atoms with Crippen LogP contribution in [-0.4, -0.2) is 10.1 Å². The van der Waals surface area contributed by atoms with Crippen molar-refractivity contribution in [3.63, 3.8) is 0 Å². The molecule has 2 N–H and O–H groups in total. The van der Waals surface area contributed by atoms with E-state index < -0.39 is 0 Å². The third-order valence-corrected chi connectivity index (χ3v) is 5.08. The molecule has 2 unspecified atom stereocenters. The van der Waals surface area contributed by atoms with Crippen LogP contribution in [0.3, 0.4) is 0 Å². The van der Waals surface area contributed by atoms with Gasteiger partial charge in [0.2, 0.25) is 0 Å². The summed E-state index contributed by atoms with van der Waals surface area (Å²) in [6, 6.07) is 5.85. The molecule has 0 spiro atoms. The zero-order chi connectivity index (χ0) is 14.8. The van der Waals surface area contributed by atoms with Crippen LogP contribution in [0.4, 0.5) is 5.69 Å². The highest BCUT2D eigenvalue weighted by Gasteiger charge is 2.26. The summed E-state index contributed by atoms with van der Waals surface area (Å²) in [5.74, 6) is 2.62. The van der Waals surface area contributed by atoms with Crippen LogP contribution in [0.2, 0.25) is 0 Å². The number of rotatable bonds is 3. The Bertz CT molecular complexity index is 626. The first-order chi connectivity index (χ1) is 10.2. The summed E-state index contributed by atoms with van der Waals surface area (Å²) >= 11 is 2.26. The average Bonchev–Trinajstić information content (AvgIpc) is 2.99. The van der Waals surface area contributed by atoms with Crippen LogP contribution in [0.5, 0.6) is 0 Å². The molecule has 1 aromatic carbocycles. The third kappa shape index (κ3) is 3.22. The van der Waals surface area contributed by atoms with Gasteiger partial charge in [-0.05, 0) is 59.5 Å². The highest BCUT2D eigenvalue weighted by Crippen LogP contribution is 2.37. The first kappa shape index (κ1) is 14.8. The van der Waals surface area contributed by atoms with Crippen molar-refractivity contribution in [2.75, 3.05) is 5.73 Å². The number of nitrogens with two attached hydrogens (primary N) is 1. The normalized spacial score (nSPS) is 22.4. The number of hydrogen-bond donors (Lipinski definition) is 1. The van der Waals surface area contributed by atoms with E-state index in [-0.39, 0.29) is 0 Å². The van der Waals surface area contributed by atoms with E-state index in [2.05, 4.69) is 39.7 Å². The first-order valence-corrected chi connectivity index (χ1v) is 8.64. The predicted octanol–water partition coefficient (Wildman–Crippen LogP) is 4.61. The second-order valence-corrected chi connectivity index (χ2v) is 7.07. The lowest BCUT2D eigenvalue weighted by Gasteiger charge is -2.26. The Morgan fingerprint density at radius 1 is 1.38 bits per heavy atom. The van der Waals surface area contributed by atoms with Gasteiger partial charge < -0.3 is 10.3 Å². The van der Waals surface area contributed by atoms with E-state index in [1.165, 1.54) is 25.7 Å². The summed E-state index contributed by atoms with van der Waals surface area (Å²) in [4.78, 5) is 4.61. The van der Waals surface area contributed by atoms with Crippen LogP contribution in [0.1, 0.15) is 50.8 Å². The van der Waals surface area contributed by atoms with Crippen LogP contribution in [-0.2, 0) is 0 Å². The minimum Gasteiger partial charge on any atom is -0.398 e. The molecule has 1 aliphatic rings. The Labute approximate surface area is 138 Å². The third-order valence-electron chi connectivity index (χ3n) is 4.41. The summed E-state index contributed by atoms with van der Waals surface area (Å²) in [5.41, 5.74) is 7.54. The van der Waals surface area contributed by atoms with Crippen LogP contribution in [0, 0.1) is 9.49 Å². The monoisotopic (exact) mass is 397 g/mol. The molecule has 1 saturated carbocycles. The van der Waals surface area contributed by atoms with Crippen molar-refractivity contribution in [2.24, 2.45) is 5.92 Å². The number of anilines is 1. The maximum atomic E-state index is 6.02. The van der Waals surface area contributed by atoms with Crippen molar-refractivity contribution in [1.82, 2.24) is 10.1 Å². The molecule has 0 aliphatic heterocycles. The lowest BCUT2D eigenvalue weighted by Crippen LogP contribution is -2.14. The molecule has 21 heavy (non-hydrogen) atoms. The molecule has 1 aromatic heterocycles. The molecular formula is C16H20IN3O. The second-order valence-electron chi connectivity index (χ2n) is 5.83.